The molecule has 3 rings (SSSR count). The molecule has 6 nitrogen and oxygen atoms in total. The second-order valence-electron chi connectivity index (χ2n) is 6.12. The van der Waals surface area contributed by atoms with Crippen molar-refractivity contribution in [2.24, 2.45) is 5.10 Å². The number of likely N-dealkylation sites (tertiary alicyclic amines) is 1. The highest BCUT2D eigenvalue weighted by molar-refractivity contribution is 6.39. The van der Waals surface area contributed by atoms with Crippen LogP contribution in [-0.2, 0) is 9.59 Å². The second kappa shape index (κ2) is 7.03. The van der Waals surface area contributed by atoms with Crippen molar-refractivity contribution in [3.63, 3.8) is 0 Å². The summed E-state index contributed by atoms with van der Waals surface area (Å²) in [6.07, 6.45) is 2.70. The van der Waals surface area contributed by atoms with Gasteiger partial charge in [0.15, 0.2) is 0 Å². The van der Waals surface area contributed by atoms with E-state index < -0.39 is 0 Å². The van der Waals surface area contributed by atoms with Gasteiger partial charge in [0.05, 0.1) is 12.6 Å². The second-order valence-corrected chi connectivity index (χ2v) is 6.12. The maximum absolute atomic E-state index is 12.8. The van der Waals surface area contributed by atoms with Crippen LogP contribution in [0.1, 0.15) is 44.2 Å². The molecule has 1 aromatic carbocycles. The number of carbonyl (C=O) groups excluding carboxylic acids is 2. The topological polar surface area (TPSA) is 62.2 Å². The standard InChI is InChI=1S/C18H23N3O3/c1-3-24-14-8-6-13(7-9-14)16-5-4-12-21(16)18(23)15-10-11-17(22)20(2)19-15/h6-9,16H,3-5,10-12H2,1-2H3/t16-/m1/s1. The van der Waals surface area contributed by atoms with Crippen molar-refractivity contribution < 1.29 is 14.3 Å². The van der Waals surface area contributed by atoms with Crippen LogP contribution in [0.3, 0.4) is 0 Å². The summed E-state index contributed by atoms with van der Waals surface area (Å²) in [4.78, 5) is 26.3. The minimum absolute atomic E-state index is 0.0453. The molecule has 1 saturated heterocycles. The lowest BCUT2D eigenvalue weighted by atomic mass is 10.0. The fourth-order valence-corrected chi connectivity index (χ4v) is 3.30. The first-order valence-corrected chi connectivity index (χ1v) is 8.48. The lowest BCUT2D eigenvalue weighted by molar-refractivity contribution is -0.130. The average molecular weight is 329 g/mol. The van der Waals surface area contributed by atoms with Gasteiger partial charge in [-0.1, -0.05) is 12.1 Å². The summed E-state index contributed by atoms with van der Waals surface area (Å²) in [6, 6.07) is 8.02. The van der Waals surface area contributed by atoms with Crippen molar-refractivity contribution in [1.82, 2.24) is 9.91 Å². The normalized spacial score (nSPS) is 21.0. The minimum Gasteiger partial charge on any atom is -0.494 e. The zero-order valence-electron chi connectivity index (χ0n) is 14.2. The quantitative estimate of drug-likeness (QED) is 0.852. The molecule has 24 heavy (non-hydrogen) atoms. The SMILES string of the molecule is CCOc1ccc([C@H]2CCCN2C(=O)C2=NN(C)C(=O)CC2)cc1. The molecule has 1 aromatic rings. The van der Waals surface area contributed by atoms with E-state index in [4.69, 9.17) is 4.74 Å². The van der Waals surface area contributed by atoms with E-state index in [0.29, 0.717) is 25.2 Å². The van der Waals surface area contributed by atoms with Crippen molar-refractivity contribution in [2.45, 2.75) is 38.6 Å². The van der Waals surface area contributed by atoms with Gasteiger partial charge in [0.2, 0.25) is 5.91 Å². The Bertz CT molecular complexity index is 654. The molecule has 2 amide bonds. The lowest BCUT2D eigenvalue weighted by Crippen LogP contribution is -2.40. The molecule has 0 radical (unpaired) electrons. The van der Waals surface area contributed by atoms with Gasteiger partial charge in [-0.05, 0) is 37.5 Å². The van der Waals surface area contributed by atoms with Crippen molar-refractivity contribution in [2.75, 3.05) is 20.2 Å². The summed E-state index contributed by atoms with van der Waals surface area (Å²) in [5.41, 5.74) is 1.60. The summed E-state index contributed by atoms with van der Waals surface area (Å²) < 4.78 is 5.48. The van der Waals surface area contributed by atoms with E-state index in [1.165, 1.54) is 5.01 Å². The van der Waals surface area contributed by atoms with E-state index >= 15 is 0 Å². The monoisotopic (exact) mass is 329 g/mol. The molecule has 2 heterocycles. The number of hydrazone groups is 1. The van der Waals surface area contributed by atoms with Gasteiger partial charge in [-0.2, -0.15) is 5.10 Å². The molecular weight excluding hydrogens is 306 g/mol. The molecule has 0 aliphatic carbocycles. The number of ether oxygens (including phenoxy) is 1. The highest BCUT2D eigenvalue weighted by atomic mass is 16.5. The predicted molar refractivity (Wildman–Crippen MR) is 90.7 cm³/mol. The lowest BCUT2D eigenvalue weighted by Gasteiger charge is -2.27. The van der Waals surface area contributed by atoms with E-state index in [0.717, 1.165) is 30.7 Å². The molecule has 0 unspecified atom stereocenters. The average Bonchev–Trinajstić information content (AvgIpc) is 3.07. The van der Waals surface area contributed by atoms with Crippen LogP contribution in [0.25, 0.3) is 0 Å². The molecule has 0 spiro atoms. The van der Waals surface area contributed by atoms with E-state index in [1.54, 1.807) is 7.05 Å². The summed E-state index contributed by atoms with van der Waals surface area (Å²) in [5.74, 6) is 0.746. The first-order valence-electron chi connectivity index (χ1n) is 8.48. The molecule has 0 saturated carbocycles. The molecule has 0 aromatic heterocycles. The zero-order chi connectivity index (χ0) is 17.1. The number of carbonyl (C=O) groups is 2. The molecule has 2 aliphatic rings. The van der Waals surface area contributed by atoms with Crippen LogP contribution < -0.4 is 4.74 Å². The molecule has 2 aliphatic heterocycles. The molecule has 128 valence electrons. The highest BCUT2D eigenvalue weighted by Crippen LogP contribution is 2.33. The Hall–Kier alpha value is -2.37. The summed E-state index contributed by atoms with van der Waals surface area (Å²) in [7, 11) is 1.60. The van der Waals surface area contributed by atoms with Gasteiger partial charge in [0.1, 0.15) is 11.5 Å². The van der Waals surface area contributed by atoms with Crippen molar-refractivity contribution in [3.8, 4) is 5.75 Å². The third-order valence-electron chi connectivity index (χ3n) is 4.54. The van der Waals surface area contributed by atoms with Crippen LogP contribution in [0.5, 0.6) is 5.75 Å². The van der Waals surface area contributed by atoms with Crippen molar-refractivity contribution in [3.05, 3.63) is 29.8 Å². The van der Waals surface area contributed by atoms with Gasteiger partial charge in [-0.25, -0.2) is 5.01 Å². The van der Waals surface area contributed by atoms with Crippen molar-refractivity contribution >= 4 is 17.5 Å². The smallest absolute Gasteiger partial charge is 0.270 e. The van der Waals surface area contributed by atoms with Gasteiger partial charge >= 0.3 is 0 Å². The number of hydrogen-bond acceptors (Lipinski definition) is 4. The Morgan fingerprint density at radius 1 is 1.29 bits per heavy atom. The number of benzene rings is 1. The van der Waals surface area contributed by atoms with Crippen LogP contribution in [0.15, 0.2) is 29.4 Å². The fourth-order valence-electron chi connectivity index (χ4n) is 3.30. The summed E-state index contributed by atoms with van der Waals surface area (Å²) in [6.45, 7) is 3.32. The van der Waals surface area contributed by atoms with Crippen LogP contribution in [0, 0.1) is 0 Å². The molecule has 0 bridgehead atoms. The maximum atomic E-state index is 12.8. The van der Waals surface area contributed by atoms with Gasteiger partial charge in [0.25, 0.3) is 5.91 Å². The molecule has 0 N–H and O–H groups in total. The minimum atomic E-state index is -0.0502. The number of nitrogens with zero attached hydrogens (tertiary/aromatic N) is 3. The molecule has 1 atom stereocenters. The Balaban J connectivity index is 1.76. The third-order valence-corrected chi connectivity index (χ3v) is 4.54. The first kappa shape index (κ1) is 16.5. The van der Waals surface area contributed by atoms with Gasteiger partial charge < -0.3 is 9.64 Å². The van der Waals surface area contributed by atoms with E-state index in [9.17, 15) is 9.59 Å². The third kappa shape index (κ3) is 3.27. The number of hydrogen-bond donors (Lipinski definition) is 0. The van der Waals surface area contributed by atoms with E-state index in [-0.39, 0.29) is 17.9 Å². The Labute approximate surface area is 142 Å². The largest absolute Gasteiger partial charge is 0.494 e. The Morgan fingerprint density at radius 2 is 2.04 bits per heavy atom. The zero-order valence-corrected chi connectivity index (χ0v) is 14.2. The Morgan fingerprint density at radius 3 is 2.71 bits per heavy atom. The van der Waals surface area contributed by atoms with Gasteiger partial charge in [0, 0.05) is 26.4 Å². The summed E-state index contributed by atoms with van der Waals surface area (Å²) in [5, 5.41) is 5.44. The molecular formula is C18H23N3O3. The van der Waals surface area contributed by atoms with Crippen LogP contribution in [-0.4, -0.2) is 47.6 Å². The van der Waals surface area contributed by atoms with Crippen LogP contribution in [0.4, 0.5) is 0 Å². The predicted octanol–water partition coefficient (Wildman–Crippen LogP) is 2.36. The highest BCUT2D eigenvalue weighted by Gasteiger charge is 2.34. The van der Waals surface area contributed by atoms with E-state index in [2.05, 4.69) is 5.10 Å². The van der Waals surface area contributed by atoms with E-state index in [1.807, 2.05) is 36.1 Å². The molecule has 6 heteroatoms. The maximum Gasteiger partial charge on any atom is 0.270 e. The Kier molecular flexibility index (Phi) is 4.83. The summed E-state index contributed by atoms with van der Waals surface area (Å²) >= 11 is 0. The molecule has 1 fully saturated rings. The fraction of sp³-hybridized carbons (Fsp3) is 0.500. The van der Waals surface area contributed by atoms with Gasteiger partial charge in [-0.15, -0.1) is 0 Å². The number of amides is 2. The number of rotatable bonds is 4. The first-order chi connectivity index (χ1) is 11.6. The van der Waals surface area contributed by atoms with Gasteiger partial charge in [-0.3, -0.25) is 9.59 Å². The van der Waals surface area contributed by atoms with Crippen LogP contribution >= 0.6 is 0 Å². The van der Waals surface area contributed by atoms with Crippen LogP contribution in [0.2, 0.25) is 0 Å². The van der Waals surface area contributed by atoms with Crippen molar-refractivity contribution in [1.29, 1.82) is 0 Å².